The lowest BCUT2D eigenvalue weighted by Crippen LogP contribution is -2.14. The predicted molar refractivity (Wildman–Crippen MR) is 54.7 cm³/mol. The van der Waals surface area contributed by atoms with Gasteiger partial charge in [0.05, 0.1) is 10.7 Å². The number of halogens is 2. The first-order chi connectivity index (χ1) is 6.66. The average Bonchev–Trinajstić information content (AvgIpc) is 2.51. The van der Waals surface area contributed by atoms with Crippen LogP contribution in [0.3, 0.4) is 0 Å². The van der Waals surface area contributed by atoms with Gasteiger partial charge in [-0.3, -0.25) is 9.89 Å². The van der Waals surface area contributed by atoms with Gasteiger partial charge >= 0.3 is 0 Å². The molecule has 0 aliphatic rings. The second kappa shape index (κ2) is 3.55. The summed E-state index contributed by atoms with van der Waals surface area (Å²) in [4.78, 5) is 11.4. The molecule has 2 rings (SSSR count). The second-order valence-corrected chi connectivity index (χ2v) is 3.83. The highest BCUT2D eigenvalue weighted by Crippen LogP contribution is 2.08. The van der Waals surface area contributed by atoms with Crippen LogP contribution in [-0.2, 0) is 0 Å². The summed E-state index contributed by atoms with van der Waals surface area (Å²) in [7, 11) is 0. The van der Waals surface area contributed by atoms with Crippen LogP contribution < -0.4 is 5.43 Å². The van der Waals surface area contributed by atoms with Crippen molar-refractivity contribution in [3.63, 3.8) is 0 Å². The van der Waals surface area contributed by atoms with E-state index in [-0.39, 0.29) is 16.4 Å². The Morgan fingerprint density at radius 1 is 1.57 bits per heavy atom. The van der Waals surface area contributed by atoms with Crippen molar-refractivity contribution in [3.05, 3.63) is 38.3 Å². The maximum atomic E-state index is 11.4. The minimum absolute atomic E-state index is 0.181. The second-order valence-electron chi connectivity index (χ2n) is 2.51. The van der Waals surface area contributed by atoms with Crippen LogP contribution in [0.15, 0.2) is 27.7 Å². The van der Waals surface area contributed by atoms with Gasteiger partial charge in [-0.1, -0.05) is 11.6 Å². The van der Waals surface area contributed by atoms with Crippen LogP contribution in [0.4, 0.5) is 0 Å². The van der Waals surface area contributed by atoms with E-state index in [1.165, 1.54) is 10.7 Å². The number of aromatic amines is 1. The smallest absolute Gasteiger partial charge is 0.227 e. The van der Waals surface area contributed by atoms with Crippen LogP contribution in [0.2, 0.25) is 5.15 Å². The maximum absolute atomic E-state index is 11.4. The highest BCUT2D eigenvalue weighted by atomic mass is 79.9. The average molecular weight is 275 g/mol. The highest BCUT2D eigenvalue weighted by Gasteiger charge is 2.05. The van der Waals surface area contributed by atoms with E-state index < -0.39 is 0 Å². The van der Waals surface area contributed by atoms with Gasteiger partial charge < -0.3 is 0 Å². The van der Waals surface area contributed by atoms with E-state index in [0.717, 1.165) is 4.47 Å². The molecule has 0 atom stereocenters. The van der Waals surface area contributed by atoms with Crippen molar-refractivity contribution in [3.8, 4) is 5.82 Å². The molecule has 2 heterocycles. The summed E-state index contributed by atoms with van der Waals surface area (Å²) in [6, 6.07) is 1.25. The summed E-state index contributed by atoms with van der Waals surface area (Å²) in [5.74, 6) is 0.181. The van der Waals surface area contributed by atoms with Gasteiger partial charge in [0, 0.05) is 12.3 Å². The molecule has 1 N–H and O–H groups in total. The molecule has 0 saturated heterocycles. The molecule has 0 bridgehead atoms. The zero-order valence-corrected chi connectivity index (χ0v) is 9.08. The van der Waals surface area contributed by atoms with Crippen molar-refractivity contribution < 1.29 is 0 Å². The number of hydrogen-bond acceptors (Lipinski definition) is 3. The molecule has 0 saturated carbocycles. The number of nitrogens with zero attached hydrogens (tertiary/aromatic N) is 3. The molecule has 0 aliphatic heterocycles. The van der Waals surface area contributed by atoms with Crippen LogP contribution in [0.1, 0.15) is 0 Å². The number of aromatic nitrogens is 4. The van der Waals surface area contributed by atoms with Gasteiger partial charge in [-0.25, -0.2) is 4.68 Å². The number of rotatable bonds is 1. The minimum Gasteiger partial charge on any atom is -0.286 e. The Bertz CT molecular complexity index is 520. The minimum atomic E-state index is -0.288. The lowest BCUT2D eigenvalue weighted by Gasteiger charge is -1.97. The fraction of sp³-hybridized carbons (Fsp3) is 0. The van der Waals surface area contributed by atoms with Crippen LogP contribution in [0.25, 0.3) is 5.82 Å². The summed E-state index contributed by atoms with van der Waals surface area (Å²) in [5.41, 5.74) is -0.288. The van der Waals surface area contributed by atoms with Crippen molar-refractivity contribution in [2.45, 2.75) is 0 Å². The van der Waals surface area contributed by atoms with E-state index in [1.54, 1.807) is 12.4 Å². The van der Waals surface area contributed by atoms with Crippen LogP contribution >= 0.6 is 27.5 Å². The lowest BCUT2D eigenvalue weighted by molar-refractivity contribution is 0.805. The van der Waals surface area contributed by atoms with E-state index in [9.17, 15) is 4.79 Å². The first-order valence-corrected chi connectivity index (χ1v) is 4.79. The molecule has 0 spiro atoms. The molecule has 0 fully saturated rings. The lowest BCUT2D eigenvalue weighted by atomic mass is 10.5. The van der Waals surface area contributed by atoms with E-state index in [2.05, 4.69) is 31.2 Å². The van der Waals surface area contributed by atoms with Gasteiger partial charge in [0.25, 0.3) is 0 Å². The standard InChI is InChI=1S/C7H4BrClN4O/c8-4-2-10-13(3-4)7-5(14)1-6(9)11-12-7/h1-3H,(H,11,14). The van der Waals surface area contributed by atoms with Crippen molar-refractivity contribution in [2.24, 2.45) is 0 Å². The number of hydrogen-bond donors (Lipinski definition) is 1. The third kappa shape index (κ3) is 1.71. The van der Waals surface area contributed by atoms with Crippen LogP contribution in [0.5, 0.6) is 0 Å². The molecule has 0 aliphatic carbocycles. The van der Waals surface area contributed by atoms with E-state index in [1.807, 2.05) is 0 Å². The summed E-state index contributed by atoms with van der Waals surface area (Å²) in [6.45, 7) is 0. The normalized spacial score (nSPS) is 10.4. The quantitative estimate of drug-likeness (QED) is 0.855. The molecule has 0 radical (unpaired) electrons. The molecule has 72 valence electrons. The molecule has 0 amide bonds. The summed E-state index contributed by atoms with van der Waals surface area (Å²) in [5, 5.41) is 10.4. The highest BCUT2D eigenvalue weighted by molar-refractivity contribution is 9.10. The van der Waals surface area contributed by atoms with Gasteiger partial charge in [0.1, 0.15) is 5.15 Å². The van der Waals surface area contributed by atoms with Crippen molar-refractivity contribution in [2.75, 3.05) is 0 Å². The Morgan fingerprint density at radius 2 is 2.36 bits per heavy atom. The predicted octanol–water partition coefficient (Wildman–Crippen LogP) is 1.37. The largest absolute Gasteiger partial charge is 0.286 e. The third-order valence-corrected chi connectivity index (χ3v) is 2.12. The van der Waals surface area contributed by atoms with Gasteiger partial charge in [-0.15, -0.1) is 0 Å². The number of nitrogens with one attached hydrogen (secondary N) is 1. The third-order valence-electron chi connectivity index (χ3n) is 1.51. The monoisotopic (exact) mass is 274 g/mol. The molecular formula is C7H4BrClN4O. The van der Waals surface area contributed by atoms with E-state index in [4.69, 9.17) is 11.6 Å². The van der Waals surface area contributed by atoms with Gasteiger partial charge in [0.2, 0.25) is 11.2 Å². The van der Waals surface area contributed by atoms with Crippen molar-refractivity contribution in [1.82, 2.24) is 20.0 Å². The number of H-pyrrole nitrogens is 1. The Kier molecular flexibility index (Phi) is 2.39. The molecular weight excluding hydrogens is 271 g/mol. The van der Waals surface area contributed by atoms with Gasteiger partial charge in [0.15, 0.2) is 0 Å². The summed E-state index contributed by atoms with van der Waals surface area (Å²) >= 11 is 8.77. The Hall–Kier alpha value is -1.14. The van der Waals surface area contributed by atoms with E-state index in [0.29, 0.717) is 0 Å². The summed E-state index contributed by atoms with van der Waals surface area (Å²) in [6.07, 6.45) is 3.20. The molecule has 2 aromatic heterocycles. The van der Waals surface area contributed by atoms with E-state index >= 15 is 0 Å². The zero-order valence-electron chi connectivity index (χ0n) is 6.74. The molecule has 5 nitrogen and oxygen atoms in total. The Labute approximate surface area is 91.8 Å². The molecule has 0 unspecified atom stereocenters. The fourth-order valence-electron chi connectivity index (χ4n) is 0.954. The maximum Gasteiger partial charge on any atom is 0.227 e. The zero-order chi connectivity index (χ0) is 10.1. The fourth-order valence-corrected chi connectivity index (χ4v) is 1.38. The summed E-state index contributed by atoms with van der Waals surface area (Å²) < 4.78 is 2.13. The topological polar surface area (TPSA) is 63.6 Å². The van der Waals surface area contributed by atoms with Gasteiger partial charge in [-0.05, 0) is 15.9 Å². The Morgan fingerprint density at radius 3 is 2.93 bits per heavy atom. The SMILES string of the molecule is O=c1cc(Cl)[nH]nc1-n1cc(Br)cn1. The molecule has 7 heteroatoms. The van der Waals surface area contributed by atoms with Crippen LogP contribution in [-0.4, -0.2) is 20.0 Å². The van der Waals surface area contributed by atoms with Crippen LogP contribution in [0, 0.1) is 0 Å². The first kappa shape index (κ1) is 9.42. The van der Waals surface area contributed by atoms with Crippen molar-refractivity contribution >= 4 is 27.5 Å². The molecule has 0 aromatic carbocycles. The first-order valence-electron chi connectivity index (χ1n) is 3.62. The van der Waals surface area contributed by atoms with Gasteiger partial charge in [-0.2, -0.15) is 10.2 Å². The van der Waals surface area contributed by atoms with Crippen molar-refractivity contribution in [1.29, 1.82) is 0 Å². The molecule has 2 aromatic rings. The molecule has 14 heavy (non-hydrogen) atoms. The Balaban J connectivity index is 2.57.